The normalized spacial score (nSPS) is 20.2. The summed E-state index contributed by atoms with van der Waals surface area (Å²) in [6, 6.07) is 8.71. The highest BCUT2D eigenvalue weighted by Gasteiger charge is 2.51. The molecule has 8 heteroatoms. The third-order valence-corrected chi connectivity index (χ3v) is 4.18. The van der Waals surface area contributed by atoms with Crippen molar-refractivity contribution in [1.82, 2.24) is 26.0 Å². The van der Waals surface area contributed by atoms with Crippen LogP contribution in [0.25, 0.3) is 0 Å². The monoisotopic (exact) mass is 349 g/mol. The van der Waals surface area contributed by atoms with Gasteiger partial charge in [0.15, 0.2) is 5.11 Å². The summed E-state index contributed by atoms with van der Waals surface area (Å²) in [7, 11) is 3.90. The topological polar surface area (TPSA) is 76.7 Å². The van der Waals surface area contributed by atoms with Crippen LogP contribution in [0.3, 0.4) is 0 Å². The van der Waals surface area contributed by atoms with Crippen LogP contribution >= 0.6 is 12.2 Å². The standard InChI is InChI=1S/C16H23N5O2S/c1-4-16(12-8-6-5-7-9-12)13(22)21(15(23)18-16)19-14(24)17-10-11-20(2)3/h5-9H,4,10-11H2,1-3H3,(H,18,23)(H2,17,19,24)/t16-/m1/s1. The first-order valence-corrected chi connectivity index (χ1v) is 8.23. The van der Waals surface area contributed by atoms with Crippen LogP contribution in [0, 0.1) is 0 Å². The number of nitrogens with zero attached hydrogens (tertiary/aromatic N) is 2. The van der Waals surface area contributed by atoms with Gasteiger partial charge in [-0.1, -0.05) is 37.3 Å². The lowest BCUT2D eigenvalue weighted by molar-refractivity contribution is -0.133. The number of benzene rings is 1. The molecule has 0 saturated carbocycles. The minimum absolute atomic E-state index is 0.236. The van der Waals surface area contributed by atoms with Gasteiger partial charge in [0.2, 0.25) is 0 Å². The Bertz CT molecular complexity index is 622. The van der Waals surface area contributed by atoms with Gasteiger partial charge in [-0.3, -0.25) is 10.2 Å². The summed E-state index contributed by atoms with van der Waals surface area (Å²) in [5.74, 6) is -0.363. The van der Waals surface area contributed by atoms with Gasteiger partial charge in [-0.25, -0.2) is 4.79 Å². The first-order chi connectivity index (χ1) is 11.4. The van der Waals surface area contributed by atoms with E-state index >= 15 is 0 Å². The zero-order chi connectivity index (χ0) is 17.7. The molecule has 0 radical (unpaired) electrons. The third-order valence-electron chi connectivity index (χ3n) is 3.95. The van der Waals surface area contributed by atoms with E-state index in [0.29, 0.717) is 13.0 Å². The van der Waals surface area contributed by atoms with Crippen molar-refractivity contribution in [3.05, 3.63) is 35.9 Å². The average molecular weight is 349 g/mol. The largest absolute Gasteiger partial charge is 0.360 e. The predicted molar refractivity (Wildman–Crippen MR) is 96.1 cm³/mol. The molecule has 24 heavy (non-hydrogen) atoms. The molecule has 0 spiro atoms. The molecule has 1 aromatic rings. The number of hydrazine groups is 1. The van der Waals surface area contributed by atoms with Gasteiger partial charge in [0.05, 0.1) is 0 Å². The van der Waals surface area contributed by atoms with Crippen LogP contribution in [-0.4, -0.2) is 54.1 Å². The number of hydrogen-bond acceptors (Lipinski definition) is 4. The first kappa shape index (κ1) is 18.2. The van der Waals surface area contributed by atoms with Crippen LogP contribution in [0.15, 0.2) is 30.3 Å². The van der Waals surface area contributed by atoms with Crippen molar-refractivity contribution in [2.75, 3.05) is 27.2 Å². The molecule has 1 aromatic carbocycles. The number of carbonyl (C=O) groups is 2. The van der Waals surface area contributed by atoms with E-state index in [2.05, 4.69) is 16.1 Å². The Hall–Kier alpha value is -2.19. The zero-order valence-corrected chi connectivity index (χ0v) is 14.9. The first-order valence-electron chi connectivity index (χ1n) is 7.82. The number of rotatable bonds is 6. The van der Waals surface area contributed by atoms with E-state index in [9.17, 15) is 9.59 Å². The minimum atomic E-state index is -1.06. The molecule has 1 heterocycles. The lowest BCUT2D eigenvalue weighted by atomic mass is 9.87. The quantitative estimate of drug-likeness (QED) is 0.521. The van der Waals surface area contributed by atoms with Crippen molar-refractivity contribution in [1.29, 1.82) is 0 Å². The molecule has 2 rings (SSSR count). The van der Waals surface area contributed by atoms with E-state index in [1.807, 2.05) is 56.3 Å². The molecule has 130 valence electrons. The van der Waals surface area contributed by atoms with Gasteiger partial charge in [0.25, 0.3) is 5.91 Å². The fraction of sp³-hybridized carbons (Fsp3) is 0.438. The second-order valence-electron chi connectivity index (χ2n) is 5.87. The van der Waals surface area contributed by atoms with Gasteiger partial charge in [-0.15, -0.1) is 0 Å². The van der Waals surface area contributed by atoms with E-state index < -0.39 is 11.6 Å². The Morgan fingerprint density at radius 1 is 1.29 bits per heavy atom. The van der Waals surface area contributed by atoms with Crippen molar-refractivity contribution in [2.24, 2.45) is 0 Å². The number of amides is 3. The lowest BCUT2D eigenvalue weighted by Gasteiger charge is -2.25. The number of nitrogens with one attached hydrogen (secondary N) is 3. The Morgan fingerprint density at radius 3 is 2.54 bits per heavy atom. The Morgan fingerprint density at radius 2 is 1.96 bits per heavy atom. The van der Waals surface area contributed by atoms with Crippen molar-refractivity contribution < 1.29 is 9.59 Å². The van der Waals surface area contributed by atoms with Gasteiger partial charge >= 0.3 is 6.03 Å². The van der Waals surface area contributed by atoms with Crippen LogP contribution < -0.4 is 16.1 Å². The molecule has 1 aliphatic rings. The molecule has 0 aliphatic carbocycles. The molecule has 3 N–H and O–H groups in total. The maximum atomic E-state index is 12.9. The molecular formula is C16H23N5O2S. The highest BCUT2D eigenvalue weighted by Crippen LogP contribution is 2.31. The summed E-state index contributed by atoms with van der Waals surface area (Å²) in [5.41, 5.74) is 2.37. The maximum absolute atomic E-state index is 12.9. The molecule has 0 bridgehead atoms. The second kappa shape index (κ2) is 7.59. The van der Waals surface area contributed by atoms with Crippen LogP contribution in [-0.2, 0) is 10.3 Å². The molecular weight excluding hydrogens is 326 g/mol. The predicted octanol–water partition coefficient (Wildman–Crippen LogP) is 0.784. The average Bonchev–Trinajstić information content (AvgIpc) is 2.80. The number of imide groups is 1. The van der Waals surface area contributed by atoms with Crippen LogP contribution in [0.5, 0.6) is 0 Å². The van der Waals surface area contributed by atoms with Crippen LogP contribution in [0.2, 0.25) is 0 Å². The van der Waals surface area contributed by atoms with Gasteiger partial charge in [-0.2, -0.15) is 5.01 Å². The summed E-state index contributed by atoms with van der Waals surface area (Å²) in [5, 5.41) is 6.95. The summed E-state index contributed by atoms with van der Waals surface area (Å²) in [6.45, 7) is 3.26. The molecule has 1 atom stereocenters. The number of carbonyl (C=O) groups excluding carboxylic acids is 2. The van der Waals surface area contributed by atoms with Crippen molar-refractivity contribution in [3.63, 3.8) is 0 Å². The van der Waals surface area contributed by atoms with Crippen molar-refractivity contribution >= 4 is 29.3 Å². The maximum Gasteiger partial charge on any atom is 0.344 e. The molecule has 1 saturated heterocycles. The Balaban J connectivity index is 2.09. The van der Waals surface area contributed by atoms with Crippen LogP contribution in [0.4, 0.5) is 4.79 Å². The van der Waals surface area contributed by atoms with Crippen molar-refractivity contribution in [2.45, 2.75) is 18.9 Å². The van der Waals surface area contributed by atoms with Crippen LogP contribution in [0.1, 0.15) is 18.9 Å². The lowest BCUT2D eigenvalue weighted by Crippen LogP contribution is -2.52. The highest BCUT2D eigenvalue weighted by molar-refractivity contribution is 7.80. The third kappa shape index (κ3) is 3.65. The Kier molecular flexibility index (Phi) is 5.74. The SMILES string of the molecule is CC[C@]1(c2ccccc2)NC(=O)N(NC(=S)NCCN(C)C)C1=O. The molecule has 7 nitrogen and oxygen atoms in total. The molecule has 3 amide bonds. The van der Waals surface area contributed by atoms with E-state index in [1.165, 1.54) is 0 Å². The molecule has 0 unspecified atom stereocenters. The van der Waals surface area contributed by atoms with Crippen molar-refractivity contribution in [3.8, 4) is 0 Å². The fourth-order valence-corrected chi connectivity index (χ4v) is 2.77. The van der Waals surface area contributed by atoms with Gasteiger partial charge in [0, 0.05) is 13.1 Å². The smallest absolute Gasteiger partial charge is 0.344 e. The fourth-order valence-electron chi connectivity index (χ4n) is 2.57. The number of thiocarbonyl (C=S) groups is 1. The van der Waals surface area contributed by atoms with E-state index in [-0.39, 0.29) is 11.0 Å². The summed E-state index contributed by atoms with van der Waals surface area (Å²) < 4.78 is 0. The summed E-state index contributed by atoms with van der Waals surface area (Å²) in [4.78, 5) is 27.2. The minimum Gasteiger partial charge on any atom is -0.360 e. The van der Waals surface area contributed by atoms with E-state index in [4.69, 9.17) is 12.2 Å². The Labute approximate surface area is 147 Å². The van der Waals surface area contributed by atoms with Gasteiger partial charge in [0.1, 0.15) is 5.54 Å². The van der Waals surface area contributed by atoms with E-state index in [0.717, 1.165) is 17.1 Å². The zero-order valence-electron chi connectivity index (χ0n) is 14.1. The molecule has 0 aromatic heterocycles. The number of hydrogen-bond donors (Lipinski definition) is 3. The number of likely N-dealkylation sites (N-methyl/N-ethyl adjacent to an activating group) is 1. The number of urea groups is 1. The summed E-state index contributed by atoms with van der Waals surface area (Å²) >= 11 is 5.16. The second-order valence-corrected chi connectivity index (χ2v) is 6.27. The summed E-state index contributed by atoms with van der Waals surface area (Å²) in [6.07, 6.45) is 0.445. The van der Waals surface area contributed by atoms with Gasteiger partial charge in [-0.05, 0) is 38.3 Å². The van der Waals surface area contributed by atoms with Gasteiger partial charge < -0.3 is 15.5 Å². The molecule has 1 aliphatic heterocycles. The highest BCUT2D eigenvalue weighted by atomic mass is 32.1. The molecule has 1 fully saturated rings. The van der Waals surface area contributed by atoms with E-state index in [1.54, 1.807) is 0 Å².